The molecule has 0 aromatic carbocycles. The third-order valence-corrected chi connectivity index (χ3v) is 3.75. The highest BCUT2D eigenvalue weighted by atomic mass is 16.3. The van der Waals surface area contributed by atoms with Gasteiger partial charge >= 0.3 is 0 Å². The van der Waals surface area contributed by atoms with Gasteiger partial charge in [0.1, 0.15) is 0 Å². The summed E-state index contributed by atoms with van der Waals surface area (Å²) in [6.45, 7) is 1.00. The van der Waals surface area contributed by atoms with Crippen molar-refractivity contribution in [1.82, 2.24) is 10.2 Å². The van der Waals surface area contributed by atoms with Crippen LogP contribution in [0.1, 0.15) is 32.1 Å². The molecule has 5 heteroatoms. The zero-order valence-electron chi connectivity index (χ0n) is 10.0. The molecule has 0 bridgehead atoms. The Morgan fingerprint density at radius 3 is 2.88 bits per heavy atom. The number of aliphatic hydroxyl groups is 1. The number of carbonyl (C=O) groups excluding carboxylic acids is 2. The molecule has 2 N–H and O–H groups in total. The second kappa shape index (κ2) is 5.49. The van der Waals surface area contributed by atoms with Crippen LogP contribution in [-0.2, 0) is 9.59 Å². The predicted octanol–water partition coefficient (Wildman–Crippen LogP) is -0.114. The molecule has 1 heterocycles. The van der Waals surface area contributed by atoms with Crippen molar-refractivity contribution in [3.63, 3.8) is 0 Å². The van der Waals surface area contributed by atoms with Crippen LogP contribution in [0.25, 0.3) is 0 Å². The molecule has 96 valence electrons. The Labute approximate surface area is 101 Å². The highest BCUT2D eigenvalue weighted by Gasteiger charge is 2.29. The van der Waals surface area contributed by atoms with Crippen molar-refractivity contribution in [2.24, 2.45) is 5.92 Å². The molecule has 0 aromatic heterocycles. The second-order valence-electron chi connectivity index (χ2n) is 4.97. The molecule has 0 aromatic rings. The molecule has 2 atom stereocenters. The SMILES string of the molecule is O=C(CN1CCCC1=O)NC1CCCC1CO. The Morgan fingerprint density at radius 2 is 2.24 bits per heavy atom. The molecule has 2 rings (SSSR count). The van der Waals surface area contributed by atoms with Crippen molar-refractivity contribution in [2.45, 2.75) is 38.1 Å². The first-order valence-corrected chi connectivity index (χ1v) is 6.38. The lowest BCUT2D eigenvalue weighted by Gasteiger charge is -2.21. The van der Waals surface area contributed by atoms with Crippen LogP contribution in [0.4, 0.5) is 0 Å². The van der Waals surface area contributed by atoms with E-state index >= 15 is 0 Å². The first kappa shape index (κ1) is 12.4. The normalized spacial score (nSPS) is 28.8. The van der Waals surface area contributed by atoms with E-state index in [4.69, 9.17) is 5.11 Å². The lowest BCUT2D eigenvalue weighted by Crippen LogP contribution is -2.44. The first-order chi connectivity index (χ1) is 8.20. The molecule has 5 nitrogen and oxygen atoms in total. The molecule has 2 aliphatic rings. The number of nitrogens with one attached hydrogen (secondary N) is 1. The van der Waals surface area contributed by atoms with Gasteiger partial charge in [0, 0.05) is 31.5 Å². The monoisotopic (exact) mass is 240 g/mol. The van der Waals surface area contributed by atoms with Gasteiger partial charge in [0.2, 0.25) is 11.8 Å². The van der Waals surface area contributed by atoms with E-state index in [2.05, 4.69) is 5.32 Å². The average molecular weight is 240 g/mol. The van der Waals surface area contributed by atoms with Crippen LogP contribution >= 0.6 is 0 Å². The quantitative estimate of drug-likeness (QED) is 0.720. The van der Waals surface area contributed by atoms with Crippen LogP contribution < -0.4 is 5.32 Å². The maximum atomic E-state index is 11.8. The number of rotatable bonds is 4. The molecule has 1 saturated carbocycles. The number of amides is 2. The second-order valence-corrected chi connectivity index (χ2v) is 4.97. The van der Waals surface area contributed by atoms with E-state index in [0.29, 0.717) is 13.0 Å². The van der Waals surface area contributed by atoms with Crippen LogP contribution in [-0.4, -0.2) is 47.6 Å². The number of nitrogens with zero attached hydrogens (tertiary/aromatic N) is 1. The van der Waals surface area contributed by atoms with Crippen molar-refractivity contribution >= 4 is 11.8 Å². The summed E-state index contributed by atoms with van der Waals surface area (Å²) < 4.78 is 0. The molecule has 17 heavy (non-hydrogen) atoms. The molecular formula is C12H20N2O3. The lowest BCUT2D eigenvalue weighted by molar-refractivity contribution is -0.133. The van der Waals surface area contributed by atoms with Crippen molar-refractivity contribution in [2.75, 3.05) is 19.7 Å². The fraction of sp³-hybridized carbons (Fsp3) is 0.833. The Balaban J connectivity index is 1.78. The fourth-order valence-corrected chi connectivity index (χ4v) is 2.74. The molecule has 1 saturated heterocycles. The molecule has 2 fully saturated rings. The number of carbonyl (C=O) groups is 2. The van der Waals surface area contributed by atoms with E-state index in [9.17, 15) is 9.59 Å². The van der Waals surface area contributed by atoms with Crippen molar-refractivity contribution in [3.05, 3.63) is 0 Å². The smallest absolute Gasteiger partial charge is 0.239 e. The summed E-state index contributed by atoms with van der Waals surface area (Å²) in [4.78, 5) is 24.8. The van der Waals surface area contributed by atoms with E-state index in [-0.39, 0.29) is 36.9 Å². The van der Waals surface area contributed by atoms with Gasteiger partial charge in [-0.1, -0.05) is 6.42 Å². The third kappa shape index (κ3) is 2.97. The number of hydrogen-bond donors (Lipinski definition) is 2. The van der Waals surface area contributed by atoms with Gasteiger partial charge in [-0.25, -0.2) is 0 Å². The average Bonchev–Trinajstić information content (AvgIpc) is 2.89. The van der Waals surface area contributed by atoms with Gasteiger partial charge in [-0.3, -0.25) is 9.59 Å². The molecule has 1 aliphatic heterocycles. The predicted molar refractivity (Wildman–Crippen MR) is 62.2 cm³/mol. The Bertz CT molecular complexity index is 306. The third-order valence-electron chi connectivity index (χ3n) is 3.75. The summed E-state index contributed by atoms with van der Waals surface area (Å²) in [5.74, 6) is 0.170. The van der Waals surface area contributed by atoms with E-state index < -0.39 is 0 Å². The van der Waals surface area contributed by atoms with Crippen LogP contribution in [0, 0.1) is 5.92 Å². The number of hydrogen-bond acceptors (Lipinski definition) is 3. The summed E-state index contributed by atoms with van der Waals surface area (Å²) in [5.41, 5.74) is 0. The van der Waals surface area contributed by atoms with Gasteiger partial charge in [0.15, 0.2) is 0 Å². The maximum Gasteiger partial charge on any atom is 0.239 e. The highest BCUT2D eigenvalue weighted by Crippen LogP contribution is 2.25. The fourth-order valence-electron chi connectivity index (χ4n) is 2.74. The Morgan fingerprint density at radius 1 is 1.41 bits per heavy atom. The first-order valence-electron chi connectivity index (χ1n) is 6.38. The van der Waals surface area contributed by atoms with E-state index in [1.54, 1.807) is 4.90 Å². The van der Waals surface area contributed by atoms with Gasteiger partial charge in [0.05, 0.1) is 6.54 Å². The zero-order chi connectivity index (χ0) is 12.3. The topological polar surface area (TPSA) is 69.6 Å². The molecular weight excluding hydrogens is 220 g/mol. The molecule has 1 aliphatic carbocycles. The maximum absolute atomic E-state index is 11.8. The number of likely N-dealkylation sites (tertiary alicyclic amines) is 1. The van der Waals surface area contributed by atoms with Gasteiger partial charge in [-0.05, 0) is 19.3 Å². The Hall–Kier alpha value is -1.10. The summed E-state index contributed by atoms with van der Waals surface area (Å²) in [6, 6.07) is 0.0882. The van der Waals surface area contributed by atoms with E-state index in [1.165, 1.54) is 0 Å². The number of aliphatic hydroxyl groups excluding tert-OH is 1. The highest BCUT2D eigenvalue weighted by molar-refractivity contribution is 5.85. The van der Waals surface area contributed by atoms with E-state index in [1.807, 2.05) is 0 Å². The van der Waals surface area contributed by atoms with Crippen LogP contribution in [0.2, 0.25) is 0 Å². The van der Waals surface area contributed by atoms with E-state index in [0.717, 1.165) is 25.7 Å². The molecule has 0 radical (unpaired) electrons. The van der Waals surface area contributed by atoms with Crippen molar-refractivity contribution in [3.8, 4) is 0 Å². The summed E-state index contributed by atoms with van der Waals surface area (Å²) >= 11 is 0. The molecule has 2 unspecified atom stereocenters. The van der Waals surface area contributed by atoms with Crippen molar-refractivity contribution < 1.29 is 14.7 Å². The zero-order valence-corrected chi connectivity index (χ0v) is 10.0. The van der Waals surface area contributed by atoms with Gasteiger partial charge in [-0.2, -0.15) is 0 Å². The van der Waals surface area contributed by atoms with Crippen molar-refractivity contribution in [1.29, 1.82) is 0 Å². The minimum Gasteiger partial charge on any atom is -0.396 e. The van der Waals surface area contributed by atoms with Gasteiger partial charge in [0.25, 0.3) is 0 Å². The standard InChI is InChI=1S/C12H20N2O3/c15-8-9-3-1-4-10(9)13-11(16)7-14-6-2-5-12(14)17/h9-10,15H,1-8H2,(H,13,16). The van der Waals surface area contributed by atoms with Gasteiger partial charge < -0.3 is 15.3 Å². The minimum atomic E-state index is -0.0920. The molecule has 0 spiro atoms. The minimum absolute atomic E-state index is 0.0743. The summed E-state index contributed by atoms with van der Waals surface area (Å²) in [6.07, 6.45) is 4.39. The largest absolute Gasteiger partial charge is 0.396 e. The molecule has 2 amide bonds. The summed E-state index contributed by atoms with van der Waals surface area (Å²) in [5, 5.41) is 12.1. The lowest BCUT2D eigenvalue weighted by atomic mass is 10.1. The van der Waals surface area contributed by atoms with Gasteiger partial charge in [-0.15, -0.1) is 0 Å². The Kier molecular flexibility index (Phi) is 3.99. The van der Waals surface area contributed by atoms with Crippen LogP contribution in [0.3, 0.4) is 0 Å². The van der Waals surface area contributed by atoms with Crippen LogP contribution in [0.15, 0.2) is 0 Å². The van der Waals surface area contributed by atoms with Crippen LogP contribution in [0.5, 0.6) is 0 Å². The summed E-state index contributed by atoms with van der Waals surface area (Å²) in [7, 11) is 0.